The highest BCUT2D eigenvalue weighted by Gasteiger charge is 2.55. The molecule has 2 atom stereocenters. The first-order valence-corrected chi connectivity index (χ1v) is 9.57. The van der Waals surface area contributed by atoms with Gasteiger partial charge >= 0.3 is 5.97 Å². The number of benzene rings is 1. The summed E-state index contributed by atoms with van der Waals surface area (Å²) in [6.07, 6.45) is 8.60. The van der Waals surface area contributed by atoms with Crippen LogP contribution in [0.2, 0.25) is 0 Å². The van der Waals surface area contributed by atoms with Crippen LogP contribution in [0.4, 0.5) is 0 Å². The molecule has 6 rings (SSSR count). The molecule has 5 nitrogen and oxygen atoms in total. The molecule has 2 aromatic rings. The average molecular weight is 352 g/mol. The Morgan fingerprint density at radius 1 is 1.19 bits per heavy atom. The van der Waals surface area contributed by atoms with E-state index in [1.54, 1.807) is 0 Å². The normalized spacial score (nSPS) is 32.9. The summed E-state index contributed by atoms with van der Waals surface area (Å²) in [6, 6.07) is 8.48. The fraction of sp³-hybridized carbons (Fsp3) is 0.524. The molecule has 1 aromatic carbocycles. The zero-order valence-corrected chi connectivity index (χ0v) is 14.8. The number of imidazole rings is 1. The third-order valence-corrected chi connectivity index (χ3v) is 7.51. The number of hydrogen-bond acceptors (Lipinski definition) is 3. The van der Waals surface area contributed by atoms with Gasteiger partial charge in [0.15, 0.2) is 0 Å². The van der Waals surface area contributed by atoms with Crippen LogP contribution in [-0.4, -0.2) is 31.8 Å². The predicted molar refractivity (Wildman–Crippen MR) is 96.6 cm³/mol. The maximum Gasteiger partial charge on any atom is 0.309 e. The highest BCUT2D eigenvalue weighted by atomic mass is 16.4. The Labute approximate surface area is 152 Å². The summed E-state index contributed by atoms with van der Waals surface area (Å²) in [5.41, 5.74) is 2.94. The third kappa shape index (κ3) is 2.07. The molecule has 2 bridgehead atoms. The minimum Gasteiger partial charge on any atom is -0.481 e. The molecule has 1 aliphatic heterocycles. The Morgan fingerprint density at radius 2 is 1.88 bits per heavy atom. The first-order chi connectivity index (χ1) is 12.5. The van der Waals surface area contributed by atoms with Gasteiger partial charge in [0.2, 0.25) is 0 Å². The molecule has 5 heteroatoms. The Kier molecular flexibility index (Phi) is 3.35. The highest BCUT2D eigenvalue weighted by Crippen LogP contribution is 2.59. The van der Waals surface area contributed by atoms with E-state index in [0.29, 0.717) is 25.7 Å². The van der Waals surface area contributed by atoms with Crippen LogP contribution in [0.3, 0.4) is 0 Å². The van der Waals surface area contributed by atoms with E-state index >= 15 is 0 Å². The van der Waals surface area contributed by atoms with Crippen LogP contribution in [0.5, 0.6) is 0 Å². The lowest BCUT2D eigenvalue weighted by Crippen LogP contribution is -2.51. The van der Waals surface area contributed by atoms with Crippen LogP contribution in [-0.2, 0) is 4.79 Å². The van der Waals surface area contributed by atoms with Crippen molar-refractivity contribution >= 4 is 5.97 Å². The molecule has 0 amide bonds. The summed E-state index contributed by atoms with van der Waals surface area (Å²) in [5.74, 6) is -0.645. The van der Waals surface area contributed by atoms with Gasteiger partial charge in [-0.2, -0.15) is 0 Å². The number of carboxylic acids is 1. The minimum absolute atomic E-state index is 0.112. The fourth-order valence-corrected chi connectivity index (χ4v) is 5.67. The molecular formula is C21H24N2O3. The molecule has 0 radical (unpaired) electrons. The summed E-state index contributed by atoms with van der Waals surface area (Å²) in [7, 11) is 0. The number of aromatic nitrogens is 2. The SMILES string of the molecule is O=C(O)C12CCC(C(O)CC3c4ccccc4-c4cncn43)(CC1)CC2. The molecule has 2 heterocycles. The van der Waals surface area contributed by atoms with Gasteiger partial charge in [-0.15, -0.1) is 0 Å². The van der Waals surface area contributed by atoms with Crippen molar-refractivity contribution in [3.63, 3.8) is 0 Å². The van der Waals surface area contributed by atoms with E-state index in [1.807, 2.05) is 18.6 Å². The maximum absolute atomic E-state index is 11.7. The number of aliphatic hydroxyl groups is 1. The molecule has 0 spiro atoms. The lowest BCUT2D eigenvalue weighted by Gasteiger charge is -2.53. The van der Waals surface area contributed by atoms with Gasteiger partial charge in [0.05, 0.1) is 35.8 Å². The van der Waals surface area contributed by atoms with Crippen molar-refractivity contribution in [1.29, 1.82) is 0 Å². The molecule has 1 aromatic heterocycles. The fourth-order valence-electron chi connectivity index (χ4n) is 5.67. The van der Waals surface area contributed by atoms with Crippen molar-refractivity contribution in [2.45, 2.75) is 57.1 Å². The van der Waals surface area contributed by atoms with Gasteiger partial charge in [-0.3, -0.25) is 4.79 Å². The van der Waals surface area contributed by atoms with Crippen molar-refractivity contribution in [2.75, 3.05) is 0 Å². The first-order valence-electron chi connectivity index (χ1n) is 9.57. The van der Waals surface area contributed by atoms with Gasteiger partial charge in [0.1, 0.15) is 0 Å². The molecule has 26 heavy (non-hydrogen) atoms. The molecule has 0 saturated heterocycles. The number of rotatable bonds is 4. The van der Waals surface area contributed by atoms with Gasteiger partial charge in [0.25, 0.3) is 0 Å². The molecule has 2 unspecified atom stereocenters. The molecular weight excluding hydrogens is 328 g/mol. The quantitative estimate of drug-likeness (QED) is 0.881. The number of aliphatic hydroxyl groups excluding tert-OH is 1. The second-order valence-corrected chi connectivity index (χ2v) is 8.49. The van der Waals surface area contributed by atoms with Gasteiger partial charge in [-0.05, 0) is 55.9 Å². The summed E-state index contributed by atoms with van der Waals surface area (Å²) in [4.78, 5) is 16.0. The van der Waals surface area contributed by atoms with Crippen LogP contribution in [0.1, 0.15) is 56.6 Å². The van der Waals surface area contributed by atoms with Crippen LogP contribution in [0, 0.1) is 10.8 Å². The number of fused-ring (bicyclic) bond motifs is 6. The van der Waals surface area contributed by atoms with Crippen LogP contribution < -0.4 is 0 Å². The number of nitrogens with zero attached hydrogens (tertiary/aromatic N) is 2. The van der Waals surface area contributed by atoms with Gasteiger partial charge in [-0.1, -0.05) is 24.3 Å². The Hall–Kier alpha value is -2.14. The van der Waals surface area contributed by atoms with Crippen molar-refractivity contribution in [1.82, 2.24) is 9.55 Å². The summed E-state index contributed by atoms with van der Waals surface area (Å²) < 4.78 is 2.18. The second-order valence-electron chi connectivity index (χ2n) is 8.49. The zero-order valence-electron chi connectivity index (χ0n) is 14.8. The third-order valence-electron chi connectivity index (χ3n) is 7.51. The van der Waals surface area contributed by atoms with E-state index < -0.39 is 17.5 Å². The molecule has 4 aliphatic rings. The number of carboxylic acid groups (broad SMARTS) is 1. The monoisotopic (exact) mass is 352 g/mol. The van der Waals surface area contributed by atoms with E-state index in [-0.39, 0.29) is 11.5 Å². The molecule has 3 fully saturated rings. The molecule has 136 valence electrons. The largest absolute Gasteiger partial charge is 0.481 e. The van der Waals surface area contributed by atoms with Gasteiger partial charge in [0, 0.05) is 5.56 Å². The Bertz CT molecular complexity index is 847. The van der Waals surface area contributed by atoms with E-state index in [2.05, 4.69) is 27.8 Å². The van der Waals surface area contributed by atoms with Crippen LogP contribution >= 0.6 is 0 Å². The number of aliphatic carboxylic acids is 1. The highest BCUT2D eigenvalue weighted by molar-refractivity contribution is 5.75. The van der Waals surface area contributed by atoms with Crippen molar-refractivity contribution in [3.05, 3.63) is 42.4 Å². The summed E-state index contributed by atoms with van der Waals surface area (Å²) in [6.45, 7) is 0. The maximum atomic E-state index is 11.7. The van der Waals surface area contributed by atoms with E-state index in [0.717, 1.165) is 25.0 Å². The second kappa shape index (κ2) is 5.43. The molecule has 3 saturated carbocycles. The van der Waals surface area contributed by atoms with Gasteiger partial charge < -0.3 is 14.8 Å². The molecule has 2 N–H and O–H groups in total. The van der Waals surface area contributed by atoms with Crippen LogP contribution in [0.15, 0.2) is 36.8 Å². The lowest BCUT2D eigenvalue weighted by atomic mass is 9.51. The minimum atomic E-state index is -0.645. The standard InChI is InChI=1S/C21H24N2O3/c24-18(20-5-8-21(9-6-20,10-7-20)19(25)26)11-16-14-3-1-2-4-15(14)17-12-22-13-23(16)17/h1-4,12-13,16,18,24H,5-11H2,(H,25,26). The number of carbonyl (C=O) groups is 1. The smallest absolute Gasteiger partial charge is 0.309 e. The lowest BCUT2D eigenvalue weighted by molar-refractivity contribution is -0.165. The topological polar surface area (TPSA) is 75.3 Å². The summed E-state index contributed by atoms with van der Waals surface area (Å²) >= 11 is 0. The van der Waals surface area contributed by atoms with Crippen LogP contribution in [0.25, 0.3) is 11.3 Å². The zero-order chi connectivity index (χ0) is 17.9. The van der Waals surface area contributed by atoms with Gasteiger partial charge in [-0.25, -0.2) is 4.98 Å². The van der Waals surface area contributed by atoms with E-state index in [4.69, 9.17) is 0 Å². The van der Waals surface area contributed by atoms with Crippen molar-refractivity contribution < 1.29 is 15.0 Å². The molecule has 3 aliphatic carbocycles. The Balaban J connectivity index is 1.41. The predicted octanol–water partition coefficient (Wildman–Crippen LogP) is 3.63. The van der Waals surface area contributed by atoms with E-state index in [1.165, 1.54) is 11.1 Å². The van der Waals surface area contributed by atoms with E-state index in [9.17, 15) is 15.0 Å². The first kappa shape index (κ1) is 16.1. The Morgan fingerprint density at radius 3 is 2.58 bits per heavy atom. The average Bonchev–Trinajstić information content (AvgIpc) is 3.26. The van der Waals surface area contributed by atoms with Crippen molar-refractivity contribution in [2.24, 2.45) is 10.8 Å². The van der Waals surface area contributed by atoms with Crippen molar-refractivity contribution in [3.8, 4) is 11.3 Å². The summed E-state index contributed by atoms with van der Waals surface area (Å²) in [5, 5.41) is 20.8. The number of hydrogen-bond donors (Lipinski definition) is 2.